The third-order valence-electron chi connectivity index (χ3n) is 1.56. The Bertz CT molecular complexity index is 173. The van der Waals surface area contributed by atoms with E-state index in [1.807, 2.05) is 0 Å². The quantitative estimate of drug-likeness (QED) is 0.586. The molecule has 1 heterocycles. The van der Waals surface area contributed by atoms with Crippen LogP contribution in [0.3, 0.4) is 0 Å². The minimum Gasteiger partial charge on any atom is -0.386 e. The number of amides is 1. The second kappa shape index (κ2) is 2.41. The van der Waals surface area contributed by atoms with Gasteiger partial charge >= 0.3 is 6.43 Å². The molecule has 0 radical (unpaired) electrons. The molecule has 0 aromatic carbocycles. The molecule has 0 bridgehead atoms. The predicted molar refractivity (Wildman–Crippen MR) is 33.2 cm³/mol. The van der Waals surface area contributed by atoms with Crippen molar-refractivity contribution in [3.05, 3.63) is 0 Å². The summed E-state index contributed by atoms with van der Waals surface area (Å²) in [4.78, 5) is 11.4. The third-order valence-corrected chi connectivity index (χ3v) is 1.56. The van der Waals surface area contributed by atoms with E-state index in [1.54, 1.807) is 0 Å². The number of nitrogens with zero attached hydrogens (tertiary/aromatic N) is 1. The van der Waals surface area contributed by atoms with Gasteiger partial charge < -0.3 is 10.0 Å². The van der Waals surface area contributed by atoms with E-state index in [1.165, 1.54) is 6.92 Å². The fourth-order valence-corrected chi connectivity index (χ4v) is 1.07. The maximum Gasteiger partial charge on any atom is 0.315 e. The van der Waals surface area contributed by atoms with Crippen molar-refractivity contribution < 1.29 is 18.7 Å². The summed E-state index contributed by atoms with van der Waals surface area (Å²) >= 11 is 0. The maximum absolute atomic E-state index is 11.7. The van der Waals surface area contributed by atoms with Crippen LogP contribution in [0.1, 0.15) is 6.92 Å². The Labute approximate surface area is 62.6 Å². The summed E-state index contributed by atoms with van der Waals surface area (Å²) in [6.07, 6.45) is -2.95. The average molecular weight is 165 g/mol. The van der Waals surface area contributed by atoms with E-state index in [0.29, 0.717) is 0 Å². The normalized spacial score (nSPS) is 21.7. The molecular formula is C6H9F2NO2. The zero-order chi connectivity index (χ0) is 8.65. The molecule has 0 atom stereocenters. The van der Waals surface area contributed by atoms with E-state index in [-0.39, 0.29) is 13.1 Å². The van der Waals surface area contributed by atoms with E-state index in [0.717, 1.165) is 4.90 Å². The number of carbonyl (C=O) groups excluding carboxylic acids is 1. The number of carbonyl (C=O) groups is 1. The second-order valence-electron chi connectivity index (χ2n) is 2.99. The fourth-order valence-electron chi connectivity index (χ4n) is 1.07. The van der Waals surface area contributed by atoms with Crippen LogP contribution in [-0.2, 0) is 4.79 Å². The summed E-state index contributed by atoms with van der Waals surface area (Å²) in [5, 5.41) is 9.08. The van der Waals surface area contributed by atoms with Crippen molar-refractivity contribution in [3.63, 3.8) is 0 Å². The zero-order valence-electron chi connectivity index (χ0n) is 6.05. The van der Waals surface area contributed by atoms with Crippen LogP contribution in [0.2, 0.25) is 0 Å². The van der Waals surface area contributed by atoms with Crippen molar-refractivity contribution in [2.24, 2.45) is 0 Å². The first-order valence-corrected chi connectivity index (χ1v) is 3.22. The Hall–Kier alpha value is -0.710. The topological polar surface area (TPSA) is 40.5 Å². The molecule has 1 aliphatic heterocycles. The van der Waals surface area contributed by atoms with Gasteiger partial charge in [-0.25, -0.2) is 0 Å². The van der Waals surface area contributed by atoms with Gasteiger partial charge in [0, 0.05) is 0 Å². The van der Waals surface area contributed by atoms with Gasteiger partial charge in [-0.1, -0.05) is 0 Å². The van der Waals surface area contributed by atoms with Crippen molar-refractivity contribution in [2.45, 2.75) is 19.0 Å². The number of rotatable bonds is 1. The predicted octanol–water partition coefficient (Wildman–Crippen LogP) is -0.155. The summed E-state index contributed by atoms with van der Waals surface area (Å²) in [5.41, 5.74) is -0.968. The first-order chi connectivity index (χ1) is 4.92. The van der Waals surface area contributed by atoms with Gasteiger partial charge in [0.2, 0.25) is 0 Å². The fraction of sp³-hybridized carbons (Fsp3) is 0.833. The monoisotopic (exact) mass is 165 g/mol. The molecule has 1 aliphatic rings. The van der Waals surface area contributed by atoms with E-state index in [9.17, 15) is 13.6 Å². The Morgan fingerprint density at radius 2 is 2.09 bits per heavy atom. The summed E-state index contributed by atoms with van der Waals surface area (Å²) in [6.45, 7) is 1.52. The van der Waals surface area contributed by atoms with Crippen LogP contribution in [0.25, 0.3) is 0 Å². The number of hydrogen-bond donors (Lipinski definition) is 1. The van der Waals surface area contributed by atoms with Gasteiger partial charge in [0.1, 0.15) is 0 Å². The summed E-state index contributed by atoms with van der Waals surface area (Å²) in [5.74, 6) is -1.20. The molecular weight excluding hydrogens is 156 g/mol. The van der Waals surface area contributed by atoms with Crippen LogP contribution in [0.15, 0.2) is 0 Å². The van der Waals surface area contributed by atoms with Gasteiger partial charge in [0.05, 0.1) is 18.7 Å². The molecule has 11 heavy (non-hydrogen) atoms. The van der Waals surface area contributed by atoms with Gasteiger partial charge in [-0.05, 0) is 6.92 Å². The second-order valence-corrected chi connectivity index (χ2v) is 2.99. The third kappa shape index (κ3) is 1.65. The number of aliphatic hydroxyl groups is 1. The molecule has 1 fully saturated rings. The lowest BCUT2D eigenvalue weighted by Crippen LogP contribution is -2.62. The van der Waals surface area contributed by atoms with Gasteiger partial charge in [0.25, 0.3) is 5.91 Å². The summed E-state index contributed by atoms with van der Waals surface area (Å²) in [7, 11) is 0. The highest BCUT2D eigenvalue weighted by atomic mass is 19.3. The maximum atomic E-state index is 11.7. The molecule has 1 rings (SSSR count). The summed E-state index contributed by atoms with van der Waals surface area (Å²) < 4.78 is 23.4. The number of alkyl halides is 2. The average Bonchev–Trinajstić information content (AvgIpc) is 1.80. The standard InChI is InChI=1S/C6H9F2NO2/c1-6(11)2-9(3-6)5(10)4(7)8/h4,11H,2-3H2,1H3. The lowest BCUT2D eigenvalue weighted by atomic mass is 9.97. The van der Waals surface area contributed by atoms with Crippen molar-refractivity contribution >= 4 is 5.91 Å². The lowest BCUT2D eigenvalue weighted by molar-refractivity contribution is -0.163. The molecule has 3 nitrogen and oxygen atoms in total. The van der Waals surface area contributed by atoms with Crippen LogP contribution >= 0.6 is 0 Å². The van der Waals surface area contributed by atoms with Gasteiger partial charge in [-0.3, -0.25) is 4.79 Å². The molecule has 5 heteroatoms. The number of halogens is 2. The highest BCUT2D eigenvalue weighted by molar-refractivity contribution is 5.80. The van der Waals surface area contributed by atoms with Crippen molar-refractivity contribution in [1.29, 1.82) is 0 Å². The summed E-state index contributed by atoms with van der Waals surface area (Å²) in [6, 6.07) is 0. The number of hydrogen-bond acceptors (Lipinski definition) is 2. The number of likely N-dealkylation sites (tertiary alicyclic amines) is 1. The largest absolute Gasteiger partial charge is 0.386 e. The Morgan fingerprint density at radius 1 is 1.64 bits per heavy atom. The van der Waals surface area contributed by atoms with E-state index < -0.39 is 17.9 Å². The molecule has 1 N–H and O–H groups in total. The van der Waals surface area contributed by atoms with Crippen LogP contribution < -0.4 is 0 Å². The highest BCUT2D eigenvalue weighted by Gasteiger charge is 2.41. The first kappa shape index (κ1) is 8.39. The number of β-amino-alcohol motifs (C(OH)–C–C–N with tert-alkyl or cyclic N) is 1. The molecule has 0 saturated carbocycles. The Kier molecular flexibility index (Phi) is 1.83. The van der Waals surface area contributed by atoms with Crippen LogP contribution in [0.5, 0.6) is 0 Å². The van der Waals surface area contributed by atoms with Crippen LogP contribution in [-0.4, -0.2) is 41.0 Å². The first-order valence-electron chi connectivity index (χ1n) is 3.22. The minimum absolute atomic E-state index is 0.0101. The highest BCUT2D eigenvalue weighted by Crippen LogP contribution is 2.21. The Balaban J connectivity index is 2.38. The molecule has 0 unspecified atom stereocenters. The molecule has 0 aliphatic carbocycles. The molecule has 1 amide bonds. The molecule has 0 aromatic rings. The molecule has 1 saturated heterocycles. The lowest BCUT2D eigenvalue weighted by Gasteiger charge is -2.43. The van der Waals surface area contributed by atoms with Gasteiger partial charge in [-0.15, -0.1) is 0 Å². The van der Waals surface area contributed by atoms with Crippen molar-refractivity contribution in [1.82, 2.24) is 4.90 Å². The smallest absolute Gasteiger partial charge is 0.315 e. The molecule has 0 spiro atoms. The Morgan fingerprint density at radius 3 is 2.36 bits per heavy atom. The van der Waals surface area contributed by atoms with E-state index in [4.69, 9.17) is 5.11 Å². The SMILES string of the molecule is CC1(O)CN(C(=O)C(F)F)C1. The molecule has 64 valence electrons. The van der Waals surface area contributed by atoms with Gasteiger partial charge in [0.15, 0.2) is 0 Å². The van der Waals surface area contributed by atoms with Crippen LogP contribution in [0, 0.1) is 0 Å². The van der Waals surface area contributed by atoms with Gasteiger partial charge in [-0.2, -0.15) is 8.78 Å². The van der Waals surface area contributed by atoms with E-state index >= 15 is 0 Å². The van der Waals surface area contributed by atoms with Crippen LogP contribution in [0.4, 0.5) is 8.78 Å². The van der Waals surface area contributed by atoms with E-state index in [2.05, 4.69) is 0 Å². The minimum atomic E-state index is -2.95. The van der Waals surface area contributed by atoms with Crippen molar-refractivity contribution in [2.75, 3.05) is 13.1 Å². The van der Waals surface area contributed by atoms with Crippen molar-refractivity contribution in [3.8, 4) is 0 Å². The zero-order valence-corrected chi connectivity index (χ0v) is 6.05. The molecule has 0 aromatic heterocycles.